The van der Waals surface area contributed by atoms with E-state index in [9.17, 15) is 0 Å². The maximum absolute atomic E-state index is 5.51. The average Bonchev–Trinajstić information content (AvgIpc) is 2.98. The standard InChI is InChI=1S/C21H27N2O.HI/c1-21-12-13-23(2,3)20(21)22(15-16-8-6-5-7-9-16)19-11-10-17(24-4)14-18(19)21;/h5-11,14,20H,12-13,15H2,1-4H3;1H/q+1;/p-1/t20?,21-;/m1./s1. The van der Waals surface area contributed by atoms with Crippen molar-refractivity contribution in [2.24, 2.45) is 0 Å². The lowest BCUT2D eigenvalue weighted by atomic mass is 9.81. The van der Waals surface area contributed by atoms with E-state index in [0.717, 1.165) is 16.8 Å². The fourth-order valence-corrected chi connectivity index (χ4v) is 4.97. The highest BCUT2D eigenvalue weighted by atomic mass is 127. The summed E-state index contributed by atoms with van der Waals surface area (Å²) in [6.45, 7) is 4.61. The molecule has 0 amide bonds. The molecule has 0 bridgehead atoms. The highest BCUT2D eigenvalue weighted by Gasteiger charge is 2.60. The molecule has 2 aliphatic heterocycles. The number of anilines is 1. The summed E-state index contributed by atoms with van der Waals surface area (Å²) < 4.78 is 6.56. The first-order valence-corrected chi connectivity index (χ1v) is 8.77. The van der Waals surface area contributed by atoms with Gasteiger partial charge in [0.15, 0.2) is 6.17 Å². The van der Waals surface area contributed by atoms with Crippen LogP contribution in [0.25, 0.3) is 0 Å². The molecule has 2 aromatic carbocycles. The molecule has 2 heterocycles. The van der Waals surface area contributed by atoms with E-state index < -0.39 is 0 Å². The predicted molar refractivity (Wildman–Crippen MR) is 98.4 cm³/mol. The monoisotopic (exact) mass is 450 g/mol. The molecule has 4 heteroatoms. The number of likely N-dealkylation sites (N-methyl/N-ethyl adjacent to an activating group) is 1. The van der Waals surface area contributed by atoms with Crippen molar-refractivity contribution in [3.63, 3.8) is 0 Å². The molecule has 2 aromatic rings. The van der Waals surface area contributed by atoms with Crippen LogP contribution in [-0.2, 0) is 12.0 Å². The maximum Gasteiger partial charge on any atom is 0.174 e. The molecule has 25 heavy (non-hydrogen) atoms. The number of halogens is 1. The quantitative estimate of drug-likeness (QED) is 0.507. The maximum atomic E-state index is 5.51. The molecule has 0 saturated carbocycles. The third-order valence-corrected chi connectivity index (χ3v) is 6.06. The first-order valence-electron chi connectivity index (χ1n) is 8.77. The van der Waals surface area contributed by atoms with Crippen molar-refractivity contribution in [2.75, 3.05) is 32.6 Å². The number of hydrogen-bond acceptors (Lipinski definition) is 2. The van der Waals surface area contributed by atoms with Crippen molar-refractivity contribution in [3.05, 3.63) is 59.7 Å². The first-order chi connectivity index (χ1) is 11.5. The van der Waals surface area contributed by atoms with Gasteiger partial charge in [-0.1, -0.05) is 30.3 Å². The second-order valence-corrected chi connectivity index (χ2v) is 8.04. The molecule has 2 atom stereocenters. The molecule has 2 aliphatic rings. The topological polar surface area (TPSA) is 12.5 Å². The molecule has 3 nitrogen and oxygen atoms in total. The number of hydrogen-bond donors (Lipinski definition) is 0. The van der Waals surface area contributed by atoms with Gasteiger partial charge in [0.2, 0.25) is 0 Å². The minimum Gasteiger partial charge on any atom is -1.00 e. The Hall–Kier alpha value is -1.27. The normalized spacial score (nSPS) is 25.9. The molecular formula is C21H27IN2O. The average molecular weight is 450 g/mol. The number of nitrogens with zero attached hydrogens (tertiary/aromatic N) is 2. The fourth-order valence-electron chi connectivity index (χ4n) is 4.97. The Balaban J connectivity index is 0.00000182. The van der Waals surface area contributed by atoms with Crippen LogP contribution in [0.4, 0.5) is 5.69 Å². The SMILES string of the molecule is COc1ccc2c(c1)[C@@]1(C)CC[N+](C)(C)C1N2Cc1ccccc1.[I-]. The molecule has 1 saturated heterocycles. The van der Waals surface area contributed by atoms with Crippen LogP contribution in [-0.4, -0.2) is 38.4 Å². The fraction of sp³-hybridized carbons (Fsp3) is 0.429. The van der Waals surface area contributed by atoms with Crippen molar-refractivity contribution in [1.29, 1.82) is 0 Å². The van der Waals surface area contributed by atoms with Crippen molar-refractivity contribution in [3.8, 4) is 5.75 Å². The molecule has 134 valence electrons. The minimum absolute atomic E-state index is 0. The van der Waals surface area contributed by atoms with Crippen molar-refractivity contribution in [1.82, 2.24) is 0 Å². The van der Waals surface area contributed by atoms with Gasteiger partial charge in [-0.25, -0.2) is 0 Å². The van der Waals surface area contributed by atoms with Gasteiger partial charge in [-0.3, -0.25) is 0 Å². The van der Waals surface area contributed by atoms with Crippen LogP contribution < -0.4 is 33.6 Å². The van der Waals surface area contributed by atoms with Gasteiger partial charge in [0.1, 0.15) is 5.75 Å². The lowest BCUT2D eigenvalue weighted by Crippen LogP contribution is -3.00. The Morgan fingerprint density at radius 1 is 1.16 bits per heavy atom. The zero-order valence-electron chi connectivity index (χ0n) is 15.5. The van der Waals surface area contributed by atoms with E-state index in [0.29, 0.717) is 6.17 Å². The summed E-state index contributed by atoms with van der Waals surface area (Å²) in [6.07, 6.45) is 1.69. The van der Waals surface area contributed by atoms with Crippen LogP contribution in [0.2, 0.25) is 0 Å². The Labute approximate surface area is 168 Å². The van der Waals surface area contributed by atoms with Gasteiger partial charge in [0.25, 0.3) is 0 Å². The summed E-state index contributed by atoms with van der Waals surface area (Å²) in [7, 11) is 6.50. The summed E-state index contributed by atoms with van der Waals surface area (Å²) in [5.41, 5.74) is 4.38. The molecule has 0 spiro atoms. The Morgan fingerprint density at radius 3 is 2.56 bits per heavy atom. The number of rotatable bonds is 3. The van der Waals surface area contributed by atoms with Gasteiger partial charge >= 0.3 is 0 Å². The first kappa shape index (κ1) is 18.5. The summed E-state index contributed by atoms with van der Waals surface area (Å²) in [5, 5.41) is 0. The van der Waals surface area contributed by atoms with E-state index in [1.54, 1.807) is 7.11 Å². The van der Waals surface area contributed by atoms with Crippen LogP contribution in [0, 0.1) is 0 Å². The highest BCUT2D eigenvalue weighted by Crippen LogP contribution is 2.54. The third kappa shape index (κ3) is 2.83. The number of quaternary nitrogens is 1. The van der Waals surface area contributed by atoms with Crippen molar-refractivity contribution >= 4 is 5.69 Å². The van der Waals surface area contributed by atoms with Crippen LogP contribution in [0.5, 0.6) is 5.75 Å². The molecule has 0 aliphatic carbocycles. The van der Waals surface area contributed by atoms with Crippen LogP contribution in [0.3, 0.4) is 0 Å². The number of fused-ring (bicyclic) bond motifs is 3. The molecule has 4 rings (SSSR count). The largest absolute Gasteiger partial charge is 1.00 e. The van der Waals surface area contributed by atoms with E-state index in [-0.39, 0.29) is 29.4 Å². The molecule has 0 aromatic heterocycles. The molecule has 1 unspecified atom stereocenters. The lowest BCUT2D eigenvalue weighted by molar-refractivity contribution is -0.903. The predicted octanol–water partition coefficient (Wildman–Crippen LogP) is 0.783. The van der Waals surface area contributed by atoms with Crippen LogP contribution >= 0.6 is 0 Å². The molecule has 1 fully saturated rings. The zero-order valence-corrected chi connectivity index (χ0v) is 17.7. The van der Waals surface area contributed by atoms with Crippen molar-refractivity contribution in [2.45, 2.75) is 31.5 Å². The highest BCUT2D eigenvalue weighted by molar-refractivity contribution is 5.66. The molecular weight excluding hydrogens is 423 g/mol. The smallest absolute Gasteiger partial charge is 0.174 e. The number of ether oxygens (including phenoxy) is 1. The summed E-state index contributed by atoms with van der Waals surface area (Å²) in [4.78, 5) is 2.62. The second-order valence-electron chi connectivity index (χ2n) is 8.04. The summed E-state index contributed by atoms with van der Waals surface area (Å²) in [5.74, 6) is 0.965. The Kier molecular flexibility index (Phi) is 4.79. The number of likely N-dealkylation sites (tertiary alicyclic amines) is 1. The van der Waals surface area contributed by atoms with Gasteiger partial charge in [-0.2, -0.15) is 0 Å². The summed E-state index contributed by atoms with van der Waals surface area (Å²) >= 11 is 0. The van der Waals surface area contributed by atoms with Gasteiger partial charge in [-0.15, -0.1) is 0 Å². The van der Waals surface area contributed by atoms with E-state index >= 15 is 0 Å². The van der Waals surface area contributed by atoms with Crippen molar-refractivity contribution < 1.29 is 33.2 Å². The second kappa shape index (κ2) is 6.47. The van der Waals surface area contributed by atoms with Crippen LogP contribution in [0.15, 0.2) is 48.5 Å². The minimum atomic E-state index is 0. The van der Waals surface area contributed by atoms with Crippen LogP contribution in [0.1, 0.15) is 24.5 Å². The van der Waals surface area contributed by atoms with E-state index in [1.165, 1.54) is 29.8 Å². The zero-order chi connectivity index (χ0) is 16.9. The number of benzene rings is 2. The Bertz CT molecular complexity index is 762. The Morgan fingerprint density at radius 2 is 1.88 bits per heavy atom. The van der Waals surface area contributed by atoms with E-state index in [2.05, 4.69) is 74.4 Å². The summed E-state index contributed by atoms with van der Waals surface area (Å²) in [6, 6.07) is 17.4. The third-order valence-electron chi connectivity index (χ3n) is 6.06. The van der Waals surface area contributed by atoms with E-state index in [1.807, 2.05) is 0 Å². The van der Waals surface area contributed by atoms with Gasteiger partial charge in [0.05, 0.1) is 33.2 Å². The number of methoxy groups -OCH3 is 1. The van der Waals surface area contributed by atoms with Gasteiger partial charge in [0, 0.05) is 18.7 Å². The van der Waals surface area contributed by atoms with Gasteiger partial charge in [-0.05, 0) is 36.2 Å². The van der Waals surface area contributed by atoms with E-state index in [4.69, 9.17) is 4.74 Å². The molecule has 0 radical (unpaired) electrons. The lowest BCUT2D eigenvalue weighted by Gasteiger charge is -2.40. The van der Waals surface area contributed by atoms with Gasteiger partial charge < -0.3 is 38.1 Å². The molecule has 0 N–H and O–H groups in total.